The van der Waals surface area contributed by atoms with Crippen molar-refractivity contribution in [3.63, 3.8) is 0 Å². The number of halogens is 1. The van der Waals surface area contributed by atoms with Gasteiger partial charge in [-0.2, -0.15) is 15.0 Å². The Hall–Kier alpha value is -2.44. The summed E-state index contributed by atoms with van der Waals surface area (Å²) >= 11 is 0. The van der Waals surface area contributed by atoms with Crippen molar-refractivity contribution >= 4 is 17.6 Å². The molecule has 0 fully saturated rings. The monoisotopic (exact) mass is 277 g/mol. The highest BCUT2D eigenvalue weighted by molar-refractivity contribution is 5.57. The van der Waals surface area contributed by atoms with E-state index in [0.29, 0.717) is 12.3 Å². The molecular weight excluding hydrogens is 261 g/mol. The Morgan fingerprint density at radius 2 is 2.00 bits per heavy atom. The summed E-state index contributed by atoms with van der Waals surface area (Å²) < 4.78 is 19.1. The SMILES string of the molecule is CCCOc1nc(N)nc(N(C)c2ccccc2F)n1. The molecule has 0 amide bonds. The van der Waals surface area contributed by atoms with Gasteiger partial charge in [0.2, 0.25) is 11.9 Å². The van der Waals surface area contributed by atoms with Crippen molar-refractivity contribution in [2.45, 2.75) is 13.3 Å². The lowest BCUT2D eigenvalue weighted by Crippen LogP contribution is -2.17. The number of benzene rings is 1. The maximum absolute atomic E-state index is 13.8. The molecular formula is C13H16FN5O. The summed E-state index contributed by atoms with van der Waals surface area (Å²) in [5, 5.41) is 0. The van der Waals surface area contributed by atoms with Crippen molar-refractivity contribution in [1.29, 1.82) is 0 Å². The summed E-state index contributed by atoms with van der Waals surface area (Å²) in [4.78, 5) is 13.5. The summed E-state index contributed by atoms with van der Waals surface area (Å²) in [6.07, 6.45) is 0.823. The van der Waals surface area contributed by atoms with Crippen LogP contribution in [0.4, 0.5) is 22.0 Å². The minimum atomic E-state index is -0.370. The van der Waals surface area contributed by atoms with Gasteiger partial charge in [-0.05, 0) is 18.6 Å². The van der Waals surface area contributed by atoms with Crippen LogP contribution < -0.4 is 15.4 Å². The molecule has 2 rings (SSSR count). The molecule has 2 aromatic rings. The van der Waals surface area contributed by atoms with Crippen LogP contribution >= 0.6 is 0 Å². The van der Waals surface area contributed by atoms with Crippen LogP contribution in [0.5, 0.6) is 6.01 Å². The number of nitrogens with zero attached hydrogens (tertiary/aromatic N) is 4. The first kappa shape index (κ1) is 14.0. The molecule has 0 aliphatic carbocycles. The van der Waals surface area contributed by atoms with Crippen LogP contribution in [0, 0.1) is 5.82 Å². The van der Waals surface area contributed by atoms with Crippen molar-refractivity contribution in [3.05, 3.63) is 30.1 Å². The van der Waals surface area contributed by atoms with Gasteiger partial charge in [0, 0.05) is 7.05 Å². The number of nitrogens with two attached hydrogens (primary N) is 1. The maximum Gasteiger partial charge on any atom is 0.323 e. The lowest BCUT2D eigenvalue weighted by molar-refractivity contribution is 0.292. The van der Waals surface area contributed by atoms with Gasteiger partial charge in [0.1, 0.15) is 5.82 Å². The zero-order chi connectivity index (χ0) is 14.5. The van der Waals surface area contributed by atoms with Gasteiger partial charge in [-0.25, -0.2) is 4.39 Å². The second-order valence-electron chi connectivity index (χ2n) is 4.14. The van der Waals surface area contributed by atoms with Gasteiger partial charge >= 0.3 is 6.01 Å². The van der Waals surface area contributed by atoms with E-state index in [1.807, 2.05) is 6.92 Å². The van der Waals surface area contributed by atoms with Gasteiger partial charge in [-0.1, -0.05) is 19.1 Å². The van der Waals surface area contributed by atoms with E-state index in [2.05, 4.69) is 15.0 Å². The number of hydrogen-bond donors (Lipinski definition) is 1. The largest absolute Gasteiger partial charge is 0.463 e. The Labute approximate surface area is 116 Å². The highest BCUT2D eigenvalue weighted by Crippen LogP contribution is 2.24. The molecule has 7 heteroatoms. The molecule has 0 bridgehead atoms. The summed E-state index contributed by atoms with van der Waals surface area (Å²) in [6, 6.07) is 6.47. The van der Waals surface area contributed by atoms with Crippen LogP contribution in [0.1, 0.15) is 13.3 Å². The molecule has 1 aromatic carbocycles. The van der Waals surface area contributed by atoms with Crippen LogP contribution in [0.3, 0.4) is 0 Å². The molecule has 0 spiro atoms. The second-order valence-corrected chi connectivity index (χ2v) is 4.14. The van der Waals surface area contributed by atoms with Crippen molar-refractivity contribution in [2.24, 2.45) is 0 Å². The Morgan fingerprint density at radius 1 is 1.25 bits per heavy atom. The molecule has 0 aliphatic heterocycles. The van der Waals surface area contributed by atoms with Crippen molar-refractivity contribution < 1.29 is 9.13 Å². The molecule has 0 aliphatic rings. The van der Waals surface area contributed by atoms with E-state index in [9.17, 15) is 4.39 Å². The van der Waals surface area contributed by atoms with Gasteiger partial charge in [-0.15, -0.1) is 0 Å². The Bertz CT molecular complexity index is 593. The van der Waals surface area contributed by atoms with Gasteiger partial charge in [0.25, 0.3) is 0 Å². The normalized spacial score (nSPS) is 10.3. The molecule has 1 aromatic heterocycles. The lowest BCUT2D eigenvalue weighted by Gasteiger charge is -2.18. The maximum atomic E-state index is 13.8. The van der Waals surface area contributed by atoms with E-state index < -0.39 is 0 Å². The summed E-state index contributed by atoms with van der Waals surface area (Å²) in [5.41, 5.74) is 5.97. The van der Waals surface area contributed by atoms with E-state index >= 15 is 0 Å². The third-order valence-electron chi connectivity index (χ3n) is 2.57. The minimum absolute atomic E-state index is 0.0318. The average molecular weight is 277 g/mol. The standard InChI is InChI=1S/C13H16FN5O/c1-3-8-20-13-17-11(15)16-12(18-13)19(2)10-7-5-4-6-9(10)14/h4-7H,3,8H2,1-2H3,(H2,15,16,17,18). The number of hydrogen-bond acceptors (Lipinski definition) is 6. The van der Waals surface area contributed by atoms with Crippen LogP contribution in [0.2, 0.25) is 0 Å². The zero-order valence-electron chi connectivity index (χ0n) is 11.4. The van der Waals surface area contributed by atoms with E-state index in [-0.39, 0.29) is 23.7 Å². The molecule has 6 nitrogen and oxygen atoms in total. The van der Waals surface area contributed by atoms with Gasteiger partial charge in [0.05, 0.1) is 12.3 Å². The van der Waals surface area contributed by atoms with Crippen LogP contribution in [-0.4, -0.2) is 28.6 Å². The first-order valence-electron chi connectivity index (χ1n) is 6.24. The van der Waals surface area contributed by atoms with Crippen molar-refractivity contribution in [1.82, 2.24) is 15.0 Å². The molecule has 1 heterocycles. The highest BCUT2D eigenvalue weighted by atomic mass is 19.1. The number of nitrogen functional groups attached to an aromatic ring is 1. The lowest BCUT2D eigenvalue weighted by atomic mass is 10.3. The van der Waals surface area contributed by atoms with Crippen LogP contribution in [0.25, 0.3) is 0 Å². The third-order valence-corrected chi connectivity index (χ3v) is 2.57. The summed E-state index contributed by atoms with van der Waals surface area (Å²) in [6.45, 7) is 2.45. The molecule has 20 heavy (non-hydrogen) atoms. The van der Waals surface area contributed by atoms with E-state index in [0.717, 1.165) is 6.42 Å². The predicted molar refractivity (Wildman–Crippen MR) is 74.5 cm³/mol. The first-order chi connectivity index (χ1) is 9.61. The molecule has 0 atom stereocenters. The Kier molecular flexibility index (Phi) is 4.29. The molecule has 106 valence electrons. The number of para-hydroxylation sites is 1. The summed E-state index contributed by atoms with van der Waals surface area (Å²) in [7, 11) is 1.65. The Morgan fingerprint density at radius 3 is 2.70 bits per heavy atom. The third kappa shape index (κ3) is 3.11. The predicted octanol–water partition coefficient (Wildman–Crippen LogP) is 2.15. The fourth-order valence-electron chi connectivity index (χ4n) is 1.60. The number of anilines is 3. The second kappa shape index (κ2) is 6.14. The fraction of sp³-hybridized carbons (Fsp3) is 0.308. The van der Waals surface area contributed by atoms with Gasteiger partial charge in [0.15, 0.2) is 0 Å². The smallest absolute Gasteiger partial charge is 0.323 e. The van der Waals surface area contributed by atoms with Crippen molar-refractivity contribution in [2.75, 3.05) is 24.3 Å². The quantitative estimate of drug-likeness (QED) is 0.902. The van der Waals surface area contributed by atoms with Gasteiger partial charge in [-0.3, -0.25) is 0 Å². The number of aromatic nitrogens is 3. The molecule has 0 unspecified atom stereocenters. The topological polar surface area (TPSA) is 77.2 Å². The molecule has 0 saturated carbocycles. The Balaban J connectivity index is 2.32. The molecule has 2 N–H and O–H groups in total. The first-order valence-corrected chi connectivity index (χ1v) is 6.24. The van der Waals surface area contributed by atoms with Gasteiger partial charge < -0.3 is 15.4 Å². The number of ether oxygens (including phenoxy) is 1. The zero-order valence-corrected chi connectivity index (χ0v) is 11.4. The molecule has 0 radical (unpaired) electrons. The van der Waals surface area contributed by atoms with Crippen LogP contribution in [-0.2, 0) is 0 Å². The minimum Gasteiger partial charge on any atom is -0.463 e. The fourth-order valence-corrected chi connectivity index (χ4v) is 1.60. The average Bonchev–Trinajstić information content (AvgIpc) is 2.44. The summed E-state index contributed by atoms with van der Waals surface area (Å²) in [5.74, 6) is -0.108. The molecule has 0 saturated heterocycles. The van der Waals surface area contributed by atoms with Crippen molar-refractivity contribution in [3.8, 4) is 6.01 Å². The van der Waals surface area contributed by atoms with E-state index in [1.54, 1.807) is 25.2 Å². The number of rotatable bonds is 5. The van der Waals surface area contributed by atoms with E-state index in [4.69, 9.17) is 10.5 Å². The van der Waals surface area contributed by atoms with E-state index in [1.165, 1.54) is 11.0 Å². The highest BCUT2D eigenvalue weighted by Gasteiger charge is 2.14. The van der Waals surface area contributed by atoms with Crippen LogP contribution in [0.15, 0.2) is 24.3 Å².